The summed E-state index contributed by atoms with van der Waals surface area (Å²) in [6.45, 7) is 2.68. The van der Waals surface area contributed by atoms with E-state index in [1.54, 1.807) is 0 Å². The van der Waals surface area contributed by atoms with Gasteiger partial charge in [-0.3, -0.25) is 4.79 Å². The summed E-state index contributed by atoms with van der Waals surface area (Å²) in [5.74, 6) is 0.204. The van der Waals surface area contributed by atoms with Crippen LogP contribution in [0.4, 0.5) is 0 Å². The average molecular weight is 346 g/mol. The lowest BCUT2D eigenvalue weighted by atomic mass is 10.0. The summed E-state index contributed by atoms with van der Waals surface area (Å²) < 4.78 is 5.33. The third-order valence-electron chi connectivity index (χ3n) is 4.84. The van der Waals surface area contributed by atoms with Crippen molar-refractivity contribution >= 4 is 16.8 Å². The predicted molar refractivity (Wildman–Crippen MR) is 103 cm³/mol. The van der Waals surface area contributed by atoms with Crippen LogP contribution >= 0.6 is 0 Å². The Morgan fingerprint density at radius 2 is 1.73 bits per heavy atom. The molecule has 3 aromatic rings. The van der Waals surface area contributed by atoms with Crippen LogP contribution in [0.3, 0.4) is 0 Å². The molecule has 4 heteroatoms. The van der Waals surface area contributed by atoms with Gasteiger partial charge in [-0.15, -0.1) is 0 Å². The highest BCUT2D eigenvalue weighted by atomic mass is 16.5. The zero-order chi connectivity index (χ0) is 17.8. The van der Waals surface area contributed by atoms with Crippen LogP contribution in [-0.2, 0) is 16.0 Å². The van der Waals surface area contributed by atoms with Gasteiger partial charge in [-0.05, 0) is 24.1 Å². The van der Waals surface area contributed by atoms with Crippen LogP contribution in [-0.4, -0.2) is 42.1 Å². The molecule has 0 spiro atoms. The van der Waals surface area contributed by atoms with E-state index >= 15 is 0 Å². The number of aryl methyl sites for hydroxylation is 1. The minimum Gasteiger partial charge on any atom is -0.378 e. The van der Waals surface area contributed by atoms with Crippen molar-refractivity contribution < 1.29 is 9.53 Å². The van der Waals surface area contributed by atoms with E-state index in [0.717, 1.165) is 28.6 Å². The maximum absolute atomic E-state index is 12.5. The van der Waals surface area contributed by atoms with E-state index in [4.69, 9.17) is 9.72 Å². The van der Waals surface area contributed by atoms with Gasteiger partial charge >= 0.3 is 0 Å². The molecule has 1 aromatic heterocycles. The van der Waals surface area contributed by atoms with E-state index in [1.807, 2.05) is 41.3 Å². The van der Waals surface area contributed by atoms with E-state index < -0.39 is 0 Å². The summed E-state index contributed by atoms with van der Waals surface area (Å²) in [5, 5.41) is 1.13. The molecule has 132 valence electrons. The van der Waals surface area contributed by atoms with E-state index in [-0.39, 0.29) is 5.91 Å². The van der Waals surface area contributed by atoms with Crippen LogP contribution in [0.1, 0.15) is 12.0 Å². The van der Waals surface area contributed by atoms with Gasteiger partial charge in [0, 0.05) is 30.5 Å². The fourth-order valence-electron chi connectivity index (χ4n) is 3.42. The second kappa shape index (κ2) is 7.67. The van der Waals surface area contributed by atoms with Crippen molar-refractivity contribution in [2.45, 2.75) is 12.8 Å². The molecule has 1 aliphatic rings. The molecule has 4 nitrogen and oxygen atoms in total. The number of carbonyl (C=O) groups excluding carboxylic acids is 1. The van der Waals surface area contributed by atoms with Gasteiger partial charge in [-0.25, -0.2) is 4.98 Å². The van der Waals surface area contributed by atoms with Gasteiger partial charge in [0.25, 0.3) is 0 Å². The number of hydrogen-bond acceptors (Lipinski definition) is 3. The standard InChI is InChI=1S/C22H22N2O2/c25-22(24-12-14-26-15-13-24)11-10-18-16-21(17-6-2-1-3-7-17)23-20-9-5-4-8-19(18)20/h1-9,16H,10-15H2. The summed E-state index contributed by atoms with van der Waals surface area (Å²) in [7, 11) is 0. The Labute approximate surface area is 153 Å². The molecule has 0 N–H and O–H groups in total. The Morgan fingerprint density at radius 1 is 1.00 bits per heavy atom. The van der Waals surface area contributed by atoms with Crippen molar-refractivity contribution in [3.63, 3.8) is 0 Å². The summed E-state index contributed by atoms with van der Waals surface area (Å²) in [6, 6.07) is 20.5. The van der Waals surface area contributed by atoms with E-state index in [0.29, 0.717) is 32.7 Å². The molecule has 2 aromatic carbocycles. The molecule has 0 unspecified atom stereocenters. The van der Waals surface area contributed by atoms with Gasteiger partial charge in [-0.1, -0.05) is 48.5 Å². The maximum Gasteiger partial charge on any atom is 0.223 e. The van der Waals surface area contributed by atoms with E-state index in [1.165, 1.54) is 5.56 Å². The molecule has 2 heterocycles. The number of aromatic nitrogens is 1. The van der Waals surface area contributed by atoms with Crippen LogP contribution in [0.5, 0.6) is 0 Å². The predicted octanol–water partition coefficient (Wildman–Crippen LogP) is 3.69. The highest BCUT2D eigenvalue weighted by molar-refractivity contribution is 5.86. The van der Waals surface area contributed by atoms with E-state index in [2.05, 4.69) is 24.3 Å². The zero-order valence-corrected chi connectivity index (χ0v) is 14.7. The number of hydrogen-bond donors (Lipinski definition) is 0. The number of fused-ring (bicyclic) bond motifs is 1. The Hall–Kier alpha value is -2.72. The van der Waals surface area contributed by atoms with Crippen molar-refractivity contribution in [2.75, 3.05) is 26.3 Å². The van der Waals surface area contributed by atoms with Gasteiger partial charge in [-0.2, -0.15) is 0 Å². The molecule has 4 rings (SSSR count). The third kappa shape index (κ3) is 3.60. The van der Waals surface area contributed by atoms with Crippen molar-refractivity contribution in [2.24, 2.45) is 0 Å². The Balaban J connectivity index is 1.61. The molecule has 1 amide bonds. The van der Waals surface area contributed by atoms with Crippen molar-refractivity contribution in [1.29, 1.82) is 0 Å². The fourth-order valence-corrected chi connectivity index (χ4v) is 3.42. The number of carbonyl (C=O) groups is 1. The molecule has 1 saturated heterocycles. The number of pyridine rings is 1. The molecule has 0 radical (unpaired) electrons. The molecule has 0 aliphatic carbocycles. The van der Waals surface area contributed by atoms with Crippen molar-refractivity contribution in [1.82, 2.24) is 9.88 Å². The number of para-hydroxylation sites is 1. The first-order chi connectivity index (χ1) is 12.8. The lowest BCUT2D eigenvalue weighted by molar-refractivity contribution is -0.135. The SMILES string of the molecule is O=C(CCc1cc(-c2ccccc2)nc2ccccc12)N1CCOCC1. The second-order valence-electron chi connectivity index (χ2n) is 6.54. The third-order valence-corrected chi connectivity index (χ3v) is 4.84. The first kappa shape index (κ1) is 16.7. The van der Waals surface area contributed by atoms with Crippen molar-refractivity contribution in [3.05, 3.63) is 66.2 Å². The number of ether oxygens (including phenoxy) is 1. The first-order valence-corrected chi connectivity index (χ1v) is 9.11. The molecular formula is C22H22N2O2. The highest BCUT2D eigenvalue weighted by Gasteiger charge is 2.17. The van der Waals surface area contributed by atoms with Gasteiger partial charge in [0.1, 0.15) is 0 Å². The van der Waals surface area contributed by atoms with Crippen LogP contribution in [0.2, 0.25) is 0 Å². The number of benzene rings is 2. The van der Waals surface area contributed by atoms with Crippen LogP contribution in [0.25, 0.3) is 22.2 Å². The van der Waals surface area contributed by atoms with E-state index in [9.17, 15) is 4.79 Å². The maximum atomic E-state index is 12.5. The number of nitrogens with zero attached hydrogens (tertiary/aromatic N) is 2. The first-order valence-electron chi connectivity index (χ1n) is 9.11. The minimum atomic E-state index is 0.204. The summed E-state index contributed by atoms with van der Waals surface area (Å²) >= 11 is 0. The summed E-state index contributed by atoms with van der Waals surface area (Å²) in [4.78, 5) is 19.2. The number of amides is 1. The quantitative estimate of drug-likeness (QED) is 0.723. The number of rotatable bonds is 4. The molecule has 1 aliphatic heterocycles. The lowest BCUT2D eigenvalue weighted by Crippen LogP contribution is -2.40. The molecule has 0 saturated carbocycles. The minimum absolute atomic E-state index is 0.204. The smallest absolute Gasteiger partial charge is 0.223 e. The molecule has 0 bridgehead atoms. The fraction of sp³-hybridized carbons (Fsp3) is 0.273. The van der Waals surface area contributed by atoms with Crippen molar-refractivity contribution in [3.8, 4) is 11.3 Å². The van der Waals surface area contributed by atoms with Crippen LogP contribution in [0, 0.1) is 0 Å². The largest absolute Gasteiger partial charge is 0.378 e. The Kier molecular flexibility index (Phi) is 4.93. The normalized spacial score (nSPS) is 14.5. The Bertz CT molecular complexity index is 902. The molecular weight excluding hydrogens is 324 g/mol. The second-order valence-corrected chi connectivity index (χ2v) is 6.54. The molecule has 26 heavy (non-hydrogen) atoms. The lowest BCUT2D eigenvalue weighted by Gasteiger charge is -2.27. The topological polar surface area (TPSA) is 42.4 Å². The monoisotopic (exact) mass is 346 g/mol. The summed E-state index contributed by atoms with van der Waals surface area (Å²) in [5.41, 5.74) is 4.20. The summed E-state index contributed by atoms with van der Waals surface area (Å²) in [6.07, 6.45) is 1.24. The zero-order valence-electron chi connectivity index (χ0n) is 14.7. The van der Waals surface area contributed by atoms with Gasteiger partial charge in [0.15, 0.2) is 0 Å². The van der Waals surface area contributed by atoms with Gasteiger partial charge in [0.05, 0.1) is 24.4 Å². The number of morpholine rings is 1. The van der Waals surface area contributed by atoms with Crippen LogP contribution in [0.15, 0.2) is 60.7 Å². The molecule has 1 fully saturated rings. The molecule has 0 atom stereocenters. The van der Waals surface area contributed by atoms with Gasteiger partial charge < -0.3 is 9.64 Å². The average Bonchev–Trinajstić information content (AvgIpc) is 2.73. The Morgan fingerprint density at radius 3 is 2.54 bits per heavy atom. The van der Waals surface area contributed by atoms with Gasteiger partial charge in [0.2, 0.25) is 5.91 Å². The van der Waals surface area contributed by atoms with Crippen LogP contribution < -0.4 is 0 Å². The highest BCUT2D eigenvalue weighted by Crippen LogP contribution is 2.25.